The van der Waals surface area contributed by atoms with Gasteiger partial charge in [0.2, 0.25) is 5.91 Å². The highest BCUT2D eigenvalue weighted by Crippen LogP contribution is 2.34. The van der Waals surface area contributed by atoms with Gasteiger partial charge in [0.1, 0.15) is 16.2 Å². The van der Waals surface area contributed by atoms with Gasteiger partial charge < -0.3 is 15.1 Å². The first-order valence-corrected chi connectivity index (χ1v) is 11.5. The van der Waals surface area contributed by atoms with Crippen molar-refractivity contribution in [3.63, 3.8) is 0 Å². The van der Waals surface area contributed by atoms with Gasteiger partial charge in [-0.2, -0.15) is 0 Å². The highest BCUT2D eigenvalue weighted by molar-refractivity contribution is 8.00. The van der Waals surface area contributed by atoms with Crippen molar-refractivity contribution in [2.75, 3.05) is 49.2 Å². The Kier molecular flexibility index (Phi) is 6.03. The third kappa shape index (κ3) is 4.55. The minimum Gasteiger partial charge on any atom is -0.369 e. The molecule has 3 heterocycles. The molecule has 29 heavy (non-hydrogen) atoms. The van der Waals surface area contributed by atoms with Gasteiger partial charge in [-0.25, -0.2) is 9.97 Å². The van der Waals surface area contributed by atoms with E-state index in [0.717, 1.165) is 47.1 Å². The molecule has 0 spiro atoms. The number of amides is 1. The zero-order valence-electron chi connectivity index (χ0n) is 16.9. The Balaban J connectivity index is 1.35. The maximum Gasteiger partial charge on any atom is 0.234 e. The molecule has 4 rings (SSSR count). The molecule has 2 aromatic heterocycles. The molecule has 1 aliphatic rings. The van der Waals surface area contributed by atoms with Crippen LogP contribution in [0, 0.1) is 13.8 Å². The Bertz CT molecular complexity index is 1010. The van der Waals surface area contributed by atoms with E-state index in [2.05, 4.69) is 58.1 Å². The summed E-state index contributed by atoms with van der Waals surface area (Å²) in [5.41, 5.74) is 3.23. The van der Waals surface area contributed by atoms with E-state index in [1.807, 2.05) is 12.1 Å². The predicted octanol–water partition coefficient (Wildman–Crippen LogP) is 3.79. The summed E-state index contributed by atoms with van der Waals surface area (Å²) >= 11 is 3.13. The average Bonchev–Trinajstić information content (AvgIpc) is 3.02. The molecule has 0 atom stereocenters. The van der Waals surface area contributed by atoms with Crippen LogP contribution in [0.1, 0.15) is 10.4 Å². The largest absolute Gasteiger partial charge is 0.369 e. The van der Waals surface area contributed by atoms with Gasteiger partial charge in [-0.15, -0.1) is 11.3 Å². The lowest BCUT2D eigenvalue weighted by atomic mass is 10.2. The Hall–Kier alpha value is -2.16. The van der Waals surface area contributed by atoms with E-state index in [-0.39, 0.29) is 5.91 Å². The van der Waals surface area contributed by atoms with E-state index in [4.69, 9.17) is 0 Å². The molecule has 1 N–H and O–H groups in total. The number of nitrogens with zero attached hydrogens (tertiary/aromatic N) is 4. The number of hydrogen-bond donors (Lipinski definition) is 1. The van der Waals surface area contributed by atoms with Crippen molar-refractivity contribution in [1.82, 2.24) is 14.9 Å². The van der Waals surface area contributed by atoms with Crippen LogP contribution in [0.3, 0.4) is 0 Å². The fourth-order valence-corrected chi connectivity index (χ4v) is 5.33. The minimum atomic E-state index is -0.0290. The fourth-order valence-electron chi connectivity index (χ4n) is 3.41. The molecule has 1 aliphatic heterocycles. The monoisotopic (exact) mass is 427 g/mol. The molecule has 3 aromatic rings. The van der Waals surface area contributed by atoms with Crippen molar-refractivity contribution in [2.24, 2.45) is 0 Å². The summed E-state index contributed by atoms with van der Waals surface area (Å²) in [6.45, 7) is 8.41. The molecular formula is C21H25N5OS2. The summed E-state index contributed by atoms with van der Waals surface area (Å²) in [6, 6.07) is 8.12. The molecule has 0 bridgehead atoms. The van der Waals surface area contributed by atoms with Crippen molar-refractivity contribution in [1.29, 1.82) is 0 Å². The van der Waals surface area contributed by atoms with E-state index < -0.39 is 0 Å². The van der Waals surface area contributed by atoms with Crippen molar-refractivity contribution in [3.8, 4) is 0 Å². The number of rotatable bonds is 5. The third-order valence-electron chi connectivity index (χ3n) is 5.29. The molecule has 1 fully saturated rings. The number of aromatic nitrogens is 2. The van der Waals surface area contributed by atoms with Gasteiger partial charge in [-0.05, 0) is 50.7 Å². The molecule has 0 aliphatic carbocycles. The average molecular weight is 428 g/mol. The lowest BCUT2D eigenvalue weighted by Crippen LogP contribution is -2.44. The number of anilines is 2. The highest BCUT2D eigenvalue weighted by Gasteiger charge is 2.15. The van der Waals surface area contributed by atoms with E-state index in [0.29, 0.717) is 5.75 Å². The molecule has 0 radical (unpaired) electrons. The smallest absolute Gasteiger partial charge is 0.234 e. The molecule has 1 amide bonds. The van der Waals surface area contributed by atoms with Crippen LogP contribution in [0.15, 0.2) is 35.6 Å². The number of fused-ring (bicyclic) bond motifs is 1. The second-order valence-corrected chi connectivity index (χ2v) is 9.48. The van der Waals surface area contributed by atoms with E-state index in [9.17, 15) is 4.79 Å². The van der Waals surface area contributed by atoms with Crippen LogP contribution in [0.25, 0.3) is 10.2 Å². The summed E-state index contributed by atoms with van der Waals surface area (Å²) in [6.07, 6.45) is 1.58. The highest BCUT2D eigenvalue weighted by atomic mass is 32.2. The number of thiophene rings is 1. The van der Waals surface area contributed by atoms with Crippen LogP contribution in [-0.2, 0) is 4.79 Å². The summed E-state index contributed by atoms with van der Waals surface area (Å²) in [4.78, 5) is 28.1. The van der Waals surface area contributed by atoms with Crippen LogP contribution >= 0.6 is 23.1 Å². The number of piperazine rings is 1. The number of thioether (sulfide) groups is 1. The first-order valence-electron chi connectivity index (χ1n) is 9.68. The van der Waals surface area contributed by atoms with Crippen molar-refractivity contribution < 1.29 is 4.79 Å². The van der Waals surface area contributed by atoms with E-state index >= 15 is 0 Å². The molecule has 1 aromatic carbocycles. The molecule has 8 heteroatoms. The molecule has 1 saturated heterocycles. The zero-order valence-corrected chi connectivity index (χ0v) is 18.6. The Labute approximate surface area is 179 Å². The summed E-state index contributed by atoms with van der Waals surface area (Å²) in [5, 5.41) is 4.94. The maximum absolute atomic E-state index is 12.4. The van der Waals surface area contributed by atoms with Gasteiger partial charge in [-0.3, -0.25) is 4.79 Å². The zero-order chi connectivity index (χ0) is 20.4. The number of likely N-dealkylation sites (N-methyl/N-ethyl adjacent to an activating group) is 1. The van der Waals surface area contributed by atoms with Gasteiger partial charge in [0.05, 0.1) is 5.75 Å². The number of aryl methyl sites for hydroxylation is 2. The number of carbonyl (C=O) groups is 1. The minimum absolute atomic E-state index is 0.0290. The molecule has 0 saturated carbocycles. The van der Waals surface area contributed by atoms with Gasteiger partial charge in [-0.1, -0.05) is 11.8 Å². The first-order chi connectivity index (χ1) is 14.0. The van der Waals surface area contributed by atoms with Gasteiger partial charge >= 0.3 is 0 Å². The quantitative estimate of drug-likeness (QED) is 0.494. The van der Waals surface area contributed by atoms with Gasteiger partial charge in [0.15, 0.2) is 0 Å². The summed E-state index contributed by atoms with van der Waals surface area (Å²) < 4.78 is 0. The van der Waals surface area contributed by atoms with E-state index in [1.165, 1.54) is 27.9 Å². The Morgan fingerprint density at radius 2 is 1.86 bits per heavy atom. The van der Waals surface area contributed by atoms with Crippen LogP contribution in [0.4, 0.5) is 11.4 Å². The maximum atomic E-state index is 12.4. The Morgan fingerprint density at radius 1 is 1.14 bits per heavy atom. The van der Waals surface area contributed by atoms with Crippen LogP contribution in [0.2, 0.25) is 0 Å². The number of hydrogen-bond acceptors (Lipinski definition) is 7. The van der Waals surface area contributed by atoms with Crippen molar-refractivity contribution in [3.05, 3.63) is 41.0 Å². The van der Waals surface area contributed by atoms with Crippen molar-refractivity contribution >= 4 is 50.6 Å². The van der Waals surface area contributed by atoms with Gasteiger partial charge in [0.25, 0.3) is 0 Å². The SMILES string of the molecule is Cc1sc2ncnc(SCC(=O)Nc3ccc(N4CCN(C)CC4)cc3)c2c1C. The van der Waals surface area contributed by atoms with Crippen LogP contribution in [0.5, 0.6) is 0 Å². The second-order valence-electron chi connectivity index (χ2n) is 7.32. The standard InChI is InChI=1S/C21H25N5OS2/c1-14-15(2)29-21-19(14)20(22-13-23-21)28-12-18(27)24-16-4-6-17(7-5-16)26-10-8-25(3)9-11-26/h4-7,13H,8-12H2,1-3H3,(H,24,27). The van der Waals surface area contributed by atoms with Crippen LogP contribution in [-0.4, -0.2) is 59.8 Å². The topological polar surface area (TPSA) is 61.4 Å². The van der Waals surface area contributed by atoms with Crippen molar-refractivity contribution in [2.45, 2.75) is 18.9 Å². The van der Waals surface area contributed by atoms with Crippen LogP contribution < -0.4 is 10.2 Å². The first kappa shape index (κ1) is 20.1. The number of nitrogens with one attached hydrogen (secondary N) is 1. The fraction of sp³-hybridized carbons (Fsp3) is 0.381. The lowest BCUT2D eigenvalue weighted by Gasteiger charge is -2.34. The third-order valence-corrected chi connectivity index (χ3v) is 7.39. The molecule has 6 nitrogen and oxygen atoms in total. The molecule has 152 valence electrons. The Morgan fingerprint density at radius 3 is 2.59 bits per heavy atom. The molecular weight excluding hydrogens is 402 g/mol. The van der Waals surface area contributed by atoms with Gasteiger partial charge in [0, 0.05) is 47.8 Å². The number of benzene rings is 1. The predicted molar refractivity (Wildman–Crippen MR) is 122 cm³/mol. The second kappa shape index (κ2) is 8.69. The number of carbonyl (C=O) groups excluding carboxylic acids is 1. The normalized spacial score (nSPS) is 15.1. The summed E-state index contributed by atoms with van der Waals surface area (Å²) in [7, 11) is 2.15. The van der Waals surface area contributed by atoms with E-state index in [1.54, 1.807) is 17.7 Å². The summed E-state index contributed by atoms with van der Waals surface area (Å²) in [5.74, 6) is 0.291. The molecule has 0 unspecified atom stereocenters. The lowest BCUT2D eigenvalue weighted by molar-refractivity contribution is -0.113.